The Balaban J connectivity index is 2.11. The molecule has 2 rings (SSSR count). The summed E-state index contributed by atoms with van der Waals surface area (Å²) in [7, 11) is 0. The molecule has 1 amide bonds. The van der Waals surface area contributed by atoms with Gasteiger partial charge in [-0.1, -0.05) is 0 Å². The van der Waals surface area contributed by atoms with Crippen molar-refractivity contribution in [3.63, 3.8) is 0 Å². The van der Waals surface area contributed by atoms with E-state index in [1.807, 2.05) is 0 Å². The minimum atomic E-state index is -2.57. The van der Waals surface area contributed by atoms with Crippen molar-refractivity contribution in [2.24, 2.45) is 0 Å². The highest BCUT2D eigenvalue weighted by molar-refractivity contribution is 5.88. The number of aliphatic hydroxyl groups excluding tert-OH is 1. The highest BCUT2D eigenvalue weighted by Gasteiger charge is 2.41. The number of β-lactam (4-membered cyclic amide) rings is 1. The third kappa shape index (κ3) is 2.84. The van der Waals surface area contributed by atoms with Gasteiger partial charge in [-0.05, 0) is 0 Å². The zero-order chi connectivity index (χ0) is 14.9. The standard InChI is InChI=1S/C12H11F4NO3/c13-6-3-5(20-2-1-8(15)16)4-7(14)9(6)10-11(18)12(19)17-10/h3-4,8,10-11,18H,1-2H2,(H,17,19)/t10-,11+/m0/s1. The van der Waals surface area contributed by atoms with Crippen molar-refractivity contribution in [2.45, 2.75) is 25.0 Å². The van der Waals surface area contributed by atoms with Crippen LogP contribution in [0.4, 0.5) is 17.6 Å². The van der Waals surface area contributed by atoms with Crippen LogP contribution in [-0.4, -0.2) is 30.2 Å². The van der Waals surface area contributed by atoms with E-state index in [1.54, 1.807) is 0 Å². The lowest BCUT2D eigenvalue weighted by Crippen LogP contribution is -2.56. The average molecular weight is 293 g/mol. The number of amides is 1. The quantitative estimate of drug-likeness (QED) is 0.639. The molecule has 1 aromatic rings. The molecule has 0 aromatic heterocycles. The molecule has 20 heavy (non-hydrogen) atoms. The molecule has 0 radical (unpaired) electrons. The molecule has 0 spiro atoms. The first-order valence-electron chi connectivity index (χ1n) is 5.78. The van der Waals surface area contributed by atoms with Crippen LogP contribution in [0.25, 0.3) is 0 Å². The molecule has 0 bridgehead atoms. The van der Waals surface area contributed by atoms with Crippen molar-refractivity contribution >= 4 is 5.91 Å². The lowest BCUT2D eigenvalue weighted by atomic mass is 9.93. The van der Waals surface area contributed by atoms with Crippen LogP contribution in [0.15, 0.2) is 12.1 Å². The summed E-state index contributed by atoms with van der Waals surface area (Å²) in [4.78, 5) is 10.8. The summed E-state index contributed by atoms with van der Waals surface area (Å²) in [6.45, 7) is -0.376. The topological polar surface area (TPSA) is 58.6 Å². The third-order valence-electron chi connectivity index (χ3n) is 2.85. The number of alkyl halides is 2. The summed E-state index contributed by atoms with van der Waals surface area (Å²) in [5.41, 5.74) is -0.488. The van der Waals surface area contributed by atoms with Crippen LogP contribution >= 0.6 is 0 Å². The maximum atomic E-state index is 13.7. The number of aliphatic hydroxyl groups is 1. The Labute approximate surface area is 111 Å². The van der Waals surface area contributed by atoms with Crippen LogP contribution in [0.1, 0.15) is 18.0 Å². The number of ether oxygens (including phenoxy) is 1. The van der Waals surface area contributed by atoms with Crippen molar-refractivity contribution < 1.29 is 32.2 Å². The fourth-order valence-corrected chi connectivity index (χ4v) is 1.81. The normalized spacial score (nSPS) is 21.6. The molecule has 2 N–H and O–H groups in total. The SMILES string of the molecule is O=C1N[C@@H](c2c(F)cc(OCCC(F)F)cc2F)[C@H]1O. The van der Waals surface area contributed by atoms with E-state index in [4.69, 9.17) is 4.74 Å². The zero-order valence-corrected chi connectivity index (χ0v) is 10.1. The highest BCUT2D eigenvalue weighted by Crippen LogP contribution is 2.31. The van der Waals surface area contributed by atoms with E-state index in [-0.39, 0.29) is 12.4 Å². The van der Waals surface area contributed by atoms with Gasteiger partial charge in [0.1, 0.15) is 17.4 Å². The van der Waals surface area contributed by atoms with Gasteiger partial charge in [0.25, 0.3) is 5.91 Å². The maximum absolute atomic E-state index is 13.7. The van der Waals surface area contributed by atoms with Gasteiger partial charge in [-0.2, -0.15) is 0 Å². The van der Waals surface area contributed by atoms with E-state index in [1.165, 1.54) is 0 Å². The molecule has 1 saturated heterocycles. The van der Waals surface area contributed by atoms with Crippen molar-refractivity contribution in [1.82, 2.24) is 5.32 Å². The van der Waals surface area contributed by atoms with E-state index < -0.39 is 48.1 Å². The summed E-state index contributed by atoms with van der Waals surface area (Å²) in [6, 6.07) is 0.486. The fourth-order valence-electron chi connectivity index (χ4n) is 1.81. The molecular formula is C12H11F4NO3. The van der Waals surface area contributed by atoms with E-state index in [0.29, 0.717) is 0 Å². The Morgan fingerprint density at radius 3 is 2.35 bits per heavy atom. The molecule has 1 aliphatic rings. The van der Waals surface area contributed by atoms with Gasteiger partial charge >= 0.3 is 0 Å². The van der Waals surface area contributed by atoms with E-state index in [2.05, 4.69) is 5.32 Å². The van der Waals surface area contributed by atoms with Crippen molar-refractivity contribution in [2.75, 3.05) is 6.61 Å². The maximum Gasteiger partial charge on any atom is 0.251 e. The molecule has 1 aromatic carbocycles. The van der Waals surface area contributed by atoms with Gasteiger partial charge in [0, 0.05) is 24.1 Å². The number of rotatable bonds is 5. The Kier molecular flexibility index (Phi) is 4.12. The molecular weight excluding hydrogens is 282 g/mol. The number of hydrogen-bond donors (Lipinski definition) is 2. The van der Waals surface area contributed by atoms with Crippen molar-refractivity contribution in [1.29, 1.82) is 0 Å². The van der Waals surface area contributed by atoms with E-state index >= 15 is 0 Å². The second kappa shape index (κ2) is 5.66. The Bertz CT molecular complexity index is 500. The summed E-state index contributed by atoms with van der Waals surface area (Å²) in [5, 5.41) is 11.4. The monoisotopic (exact) mass is 293 g/mol. The average Bonchev–Trinajstić information content (AvgIpc) is 2.36. The first-order chi connectivity index (χ1) is 9.40. The van der Waals surface area contributed by atoms with Gasteiger partial charge in [0.15, 0.2) is 6.10 Å². The van der Waals surface area contributed by atoms with Crippen molar-refractivity contribution in [3.05, 3.63) is 29.3 Å². The number of nitrogens with one attached hydrogen (secondary N) is 1. The second-order valence-corrected chi connectivity index (χ2v) is 4.26. The lowest BCUT2D eigenvalue weighted by Gasteiger charge is -2.33. The number of carbonyl (C=O) groups is 1. The predicted octanol–water partition coefficient (Wildman–Crippen LogP) is 1.53. The Morgan fingerprint density at radius 1 is 1.30 bits per heavy atom. The van der Waals surface area contributed by atoms with Gasteiger partial charge in [-0.3, -0.25) is 4.79 Å². The van der Waals surface area contributed by atoms with Crippen LogP contribution in [-0.2, 0) is 4.79 Å². The molecule has 0 aliphatic carbocycles. The number of hydrogen-bond acceptors (Lipinski definition) is 3. The minimum absolute atomic E-state index is 0.232. The van der Waals surface area contributed by atoms with E-state index in [0.717, 1.165) is 12.1 Å². The fraction of sp³-hybridized carbons (Fsp3) is 0.417. The molecule has 0 unspecified atom stereocenters. The van der Waals surface area contributed by atoms with Crippen LogP contribution in [0.5, 0.6) is 5.75 Å². The number of halogens is 4. The highest BCUT2D eigenvalue weighted by atomic mass is 19.3. The number of benzene rings is 1. The van der Waals surface area contributed by atoms with Crippen LogP contribution in [0.2, 0.25) is 0 Å². The molecule has 2 atom stereocenters. The smallest absolute Gasteiger partial charge is 0.251 e. The largest absolute Gasteiger partial charge is 0.493 e. The summed E-state index contributed by atoms with van der Waals surface area (Å²) < 4.78 is 56.1. The first-order valence-corrected chi connectivity index (χ1v) is 5.78. The predicted molar refractivity (Wildman–Crippen MR) is 59.4 cm³/mol. The van der Waals surface area contributed by atoms with Gasteiger partial charge in [0.05, 0.1) is 12.6 Å². The Hall–Kier alpha value is -1.83. The van der Waals surface area contributed by atoms with Gasteiger partial charge in [0.2, 0.25) is 6.43 Å². The minimum Gasteiger partial charge on any atom is -0.493 e. The summed E-state index contributed by atoms with van der Waals surface area (Å²) in [5.74, 6) is -3.00. The summed E-state index contributed by atoms with van der Waals surface area (Å²) in [6.07, 6.45) is -4.63. The molecule has 4 nitrogen and oxygen atoms in total. The lowest BCUT2D eigenvalue weighted by molar-refractivity contribution is -0.142. The van der Waals surface area contributed by atoms with Gasteiger partial charge < -0.3 is 15.2 Å². The van der Waals surface area contributed by atoms with Gasteiger partial charge in [-0.25, -0.2) is 17.6 Å². The number of carbonyl (C=O) groups excluding carboxylic acids is 1. The molecule has 1 aliphatic heterocycles. The molecule has 8 heteroatoms. The molecule has 1 fully saturated rings. The molecule has 0 saturated carbocycles. The van der Waals surface area contributed by atoms with Crippen molar-refractivity contribution in [3.8, 4) is 5.75 Å². The zero-order valence-electron chi connectivity index (χ0n) is 10.1. The van der Waals surface area contributed by atoms with Crippen LogP contribution in [0.3, 0.4) is 0 Å². The van der Waals surface area contributed by atoms with Crippen LogP contribution in [0, 0.1) is 11.6 Å². The second-order valence-electron chi connectivity index (χ2n) is 4.26. The van der Waals surface area contributed by atoms with Gasteiger partial charge in [-0.15, -0.1) is 0 Å². The summed E-state index contributed by atoms with van der Waals surface area (Å²) >= 11 is 0. The van der Waals surface area contributed by atoms with Crippen LogP contribution < -0.4 is 10.1 Å². The molecule has 110 valence electrons. The van der Waals surface area contributed by atoms with E-state index in [9.17, 15) is 27.5 Å². The third-order valence-corrected chi connectivity index (χ3v) is 2.85. The first kappa shape index (κ1) is 14.6. The Morgan fingerprint density at radius 2 is 1.90 bits per heavy atom. The molecule has 1 heterocycles.